The largest absolute Gasteiger partial charge is 0.489 e. The molecular weight excluding hydrogens is 663 g/mol. The van der Waals surface area contributed by atoms with E-state index < -0.39 is 6.10 Å². The zero-order valence-electron chi connectivity index (χ0n) is 30.3. The minimum atomic E-state index is -0.407. The molecule has 6 rings (SSSR count). The van der Waals surface area contributed by atoms with Gasteiger partial charge in [-0.2, -0.15) is 5.26 Å². The van der Waals surface area contributed by atoms with E-state index in [-0.39, 0.29) is 24.9 Å². The second kappa shape index (κ2) is 19.4. The number of benzene rings is 5. The van der Waals surface area contributed by atoms with Gasteiger partial charge < -0.3 is 28.7 Å². The predicted molar refractivity (Wildman–Crippen MR) is 205 cm³/mol. The second-order valence-corrected chi connectivity index (χ2v) is 13.3. The maximum absolute atomic E-state index is 15.1. The standard InChI is InChI=1S/C45H47N3O5/c1-50-25-26-51-34-53-44-42(24-23-35-13-5-2-6-14-35)47(31-39-20-11-19-38(27-39)30-46)45(49)48(43(44)29-36-15-7-3-8-16-36)32-40-21-12-22-41(28-40)52-33-37-17-9-4-10-18-37/h2-22,27-28,42-44H,23-26,29,31-34H2,1H3/t42-,43-,44-/m1/s1. The summed E-state index contributed by atoms with van der Waals surface area (Å²) in [6, 6.07) is 47.7. The van der Waals surface area contributed by atoms with Gasteiger partial charge in [0.15, 0.2) is 0 Å². The first-order valence-corrected chi connectivity index (χ1v) is 18.2. The van der Waals surface area contributed by atoms with E-state index in [1.165, 1.54) is 5.56 Å². The molecule has 1 aliphatic rings. The average molecular weight is 710 g/mol. The molecule has 8 nitrogen and oxygen atoms in total. The summed E-state index contributed by atoms with van der Waals surface area (Å²) in [6.45, 7) is 2.03. The first kappa shape index (κ1) is 37.3. The molecule has 0 bridgehead atoms. The number of carbonyl (C=O) groups excluding carboxylic acids is 1. The predicted octanol–water partition coefficient (Wildman–Crippen LogP) is 8.19. The third-order valence-electron chi connectivity index (χ3n) is 9.59. The Morgan fingerprint density at radius 2 is 1.26 bits per heavy atom. The van der Waals surface area contributed by atoms with E-state index in [4.69, 9.17) is 18.9 Å². The average Bonchev–Trinajstić information content (AvgIpc) is 3.21. The molecule has 5 aromatic carbocycles. The zero-order chi connectivity index (χ0) is 36.7. The first-order chi connectivity index (χ1) is 26.1. The lowest BCUT2D eigenvalue weighted by atomic mass is 9.87. The number of aryl methyl sites for hydroxylation is 1. The SMILES string of the molecule is COCCOCO[C@@H]1[C@@H](CCc2ccccc2)N(Cc2cccc(C#N)c2)C(=O)N(Cc2cccc(OCc3ccccc3)c2)[C@@H]1Cc1ccccc1. The Morgan fingerprint density at radius 3 is 1.94 bits per heavy atom. The summed E-state index contributed by atoms with van der Waals surface area (Å²) in [5.74, 6) is 0.737. The lowest BCUT2D eigenvalue weighted by Gasteiger charge is -2.51. The van der Waals surface area contributed by atoms with E-state index >= 15 is 4.79 Å². The molecule has 1 aliphatic heterocycles. The normalized spacial score (nSPS) is 17.1. The van der Waals surface area contributed by atoms with Crippen molar-refractivity contribution in [2.75, 3.05) is 27.1 Å². The van der Waals surface area contributed by atoms with Crippen LogP contribution in [0.15, 0.2) is 140 Å². The number of nitrogens with zero attached hydrogens (tertiary/aromatic N) is 3. The number of urea groups is 1. The number of amides is 2. The van der Waals surface area contributed by atoms with Crippen LogP contribution in [-0.2, 0) is 46.7 Å². The zero-order valence-corrected chi connectivity index (χ0v) is 30.3. The van der Waals surface area contributed by atoms with Crippen LogP contribution in [0.25, 0.3) is 0 Å². The Morgan fingerprint density at radius 1 is 0.660 bits per heavy atom. The van der Waals surface area contributed by atoms with Crippen molar-refractivity contribution in [2.24, 2.45) is 0 Å². The molecule has 1 heterocycles. The monoisotopic (exact) mass is 709 g/mol. The van der Waals surface area contributed by atoms with Crippen LogP contribution in [0.1, 0.15) is 39.8 Å². The van der Waals surface area contributed by atoms with Crippen molar-refractivity contribution in [3.63, 3.8) is 0 Å². The Kier molecular flexibility index (Phi) is 13.7. The van der Waals surface area contributed by atoms with Gasteiger partial charge in [0.1, 0.15) is 25.3 Å². The minimum Gasteiger partial charge on any atom is -0.489 e. The van der Waals surface area contributed by atoms with Gasteiger partial charge in [-0.3, -0.25) is 0 Å². The molecule has 0 aromatic heterocycles. The molecule has 0 N–H and O–H groups in total. The second-order valence-electron chi connectivity index (χ2n) is 13.3. The van der Waals surface area contributed by atoms with E-state index in [9.17, 15) is 5.26 Å². The topological polar surface area (TPSA) is 84.3 Å². The van der Waals surface area contributed by atoms with Crippen LogP contribution in [-0.4, -0.2) is 61.1 Å². The van der Waals surface area contributed by atoms with Crippen LogP contribution in [0.5, 0.6) is 5.75 Å². The summed E-state index contributed by atoms with van der Waals surface area (Å²) in [7, 11) is 1.64. The van der Waals surface area contributed by atoms with Gasteiger partial charge in [0.2, 0.25) is 0 Å². The summed E-state index contributed by atoms with van der Waals surface area (Å²) >= 11 is 0. The van der Waals surface area contributed by atoms with Gasteiger partial charge in [0.05, 0.1) is 36.9 Å². The van der Waals surface area contributed by atoms with Gasteiger partial charge in [-0.05, 0) is 71.3 Å². The van der Waals surface area contributed by atoms with Crippen molar-refractivity contribution in [1.29, 1.82) is 5.26 Å². The smallest absolute Gasteiger partial charge is 0.321 e. The molecule has 0 spiro atoms. The maximum Gasteiger partial charge on any atom is 0.321 e. The molecule has 0 radical (unpaired) electrons. The molecule has 1 saturated heterocycles. The highest BCUT2D eigenvalue weighted by molar-refractivity contribution is 5.77. The van der Waals surface area contributed by atoms with Gasteiger partial charge in [-0.15, -0.1) is 0 Å². The van der Waals surface area contributed by atoms with Gasteiger partial charge in [0, 0.05) is 20.2 Å². The highest BCUT2D eigenvalue weighted by Gasteiger charge is 2.47. The summed E-state index contributed by atoms with van der Waals surface area (Å²) in [5, 5.41) is 9.70. The Balaban J connectivity index is 1.37. The van der Waals surface area contributed by atoms with Crippen molar-refractivity contribution < 1.29 is 23.7 Å². The van der Waals surface area contributed by atoms with E-state index in [0.717, 1.165) is 34.4 Å². The number of hydrogen-bond acceptors (Lipinski definition) is 6. The number of rotatable bonds is 18. The molecule has 8 heteroatoms. The van der Waals surface area contributed by atoms with Crippen LogP contribution in [0.3, 0.4) is 0 Å². The molecule has 1 fully saturated rings. The molecule has 272 valence electrons. The number of nitriles is 1. The van der Waals surface area contributed by atoms with Crippen LogP contribution in [0, 0.1) is 11.3 Å². The van der Waals surface area contributed by atoms with Crippen molar-refractivity contribution in [3.8, 4) is 11.8 Å². The highest BCUT2D eigenvalue weighted by Crippen LogP contribution is 2.33. The molecule has 0 aliphatic carbocycles. The number of methoxy groups -OCH3 is 1. The third kappa shape index (κ3) is 10.6. The molecule has 3 atom stereocenters. The van der Waals surface area contributed by atoms with Crippen molar-refractivity contribution >= 4 is 6.03 Å². The maximum atomic E-state index is 15.1. The fourth-order valence-electron chi connectivity index (χ4n) is 6.95. The lowest BCUT2D eigenvalue weighted by Crippen LogP contribution is -2.66. The van der Waals surface area contributed by atoms with E-state index in [1.54, 1.807) is 13.2 Å². The minimum absolute atomic E-state index is 0.0593. The third-order valence-corrected chi connectivity index (χ3v) is 9.59. The molecule has 53 heavy (non-hydrogen) atoms. The van der Waals surface area contributed by atoms with Crippen molar-refractivity contribution in [2.45, 2.75) is 57.1 Å². The van der Waals surface area contributed by atoms with Crippen molar-refractivity contribution in [3.05, 3.63) is 173 Å². The van der Waals surface area contributed by atoms with Gasteiger partial charge in [0.25, 0.3) is 0 Å². The van der Waals surface area contributed by atoms with E-state index in [0.29, 0.717) is 51.3 Å². The Bertz CT molecular complexity index is 1900. The number of carbonyl (C=O) groups is 1. The Labute approximate surface area is 313 Å². The van der Waals surface area contributed by atoms with Gasteiger partial charge in [-0.1, -0.05) is 115 Å². The fraction of sp³-hybridized carbons (Fsp3) is 0.289. The van der Waals surface area contributed by atoms with Crippen LogP contribution < -0.4 is 4.74 Å². The van der Waals surface area contributed by atoms with E-state index in [2.05, 4.69) is 30.3 Å². The van der Waals surface area contributed by atoms with Crippen LogP contribution >= 0.6 is 0 Å². The molecule has 0 unspecified atom stereocenters. The van der Waals surface area contributed by atoms with Crippen molar-refractivity contribution in [1.82, 2.24) is 9.80 Å². The van der Waals surface area contributed by atoms with Crippen LogP contribution in [0.2, 0.25) is 0 Å². The number of ether oxygens (including phenoxy) is 4. The van der Waals surface area contributed by atoms with Gasteiger partial charge >= 0.3 is 6.03 Å². The van der Waals surface area contributed by atoms with Gasteiger partial charge in [-0.25, -0.2) is 4.79 Å². The lowest BCUT2D eigenvalue weighted by molar-refractivity contribution is -0.150. The summed E-state index contributed by atoms with van der Waals surface area (Å²) in [5.41, 5.74) is 5.77. The highest BCUT2D eigenvalue weighted by atomic mass is 16.7. The number of hydrogen-bond donors (Lipinski definition) is 0. The summed E-state index contributed by atoms with van der Waals surface area (Å²) in [4.78, 5) is 19.0. The molecular formula is C45H47N3O5. The first-order valence-electron chi connectivity index (χ1n) is 18.2. The quantitative estimate of drug-likeness (QED) is 0.0674. The van der Waals surface area contributed by atoms with Crippen LogP contribution in [0.4, 0.5) is 4.79 Å². The molecule has 5 aromatic rings. The molecule has 2 amide bonds. The molecule has 0 saturated carbocycles. The Hall–Kier alpha value is -5.46. The fourth-order valence-corrected chi connectivity index (χ4v) is 6.95. The van der Waals surface area contributed by atoms with E-state index in [1.807, 2.05) is 119 Å². The summed E-state index contributed by atoms with van der Waals surface area (Å²) < 4.78 is 24.1. The summed E-state index contributed by atoms with van der Waals surface area (Å²) in [6.07, 6.45) is 1.63.